The van der Waals surface area contributed by atoms with Crippen molar-refractivity contribution in [3.8, 4) is 11.8 Å². The lowest BCUT2D eigenvalue weighted by Gasteiger charge is -2.16. The molecule has 0 unspecified atom stereocenters. The minimum absolute atomic E-state index is 0.0123. The van der Waals surface area contributed by atoms with Gasteiger partial charge in [-0.15, -0.1) is 5.10 Å². The molecule has 1 aromatic heterocycles. The maximum absolute atomic E-state index is 12.8. The number of nitrogens with one attached hydrogen (secondary N) is 1. The predicted octanol–water partition coefficient (Wildman–Crippen LogP) is 5.56. The van der Waals surface area contributed by atoms with Gasteiger partial charge in [-0.2, -0.15) is 0 Å². The number of hydrogen-bond donors (Lipinski definition) is 1. The average Bonchev–Trinajstić information content (AvgIpc) is 3.12. The van der Waals surface area contributed by atoms with E-state index in [2.05, 4.69) is 28.8 Å². The Labute approximate surface area is 192 Å². The first-order valence-electron chi connectivity index (χ1n) is 9.80. The predicted molar refractivity (Wildman–Crippen MR) is 121 cm³/mol. The zero-order valence-electron chi connectivity index (χ0n) is 17.6. The second kappa shape index (κ2) is 9.56. The van der Waals surface area contributed by atoms with Crippen molar-refractivity contribution >= 4 is 33.2 Å². The van der Waals surface area contributed by atoms with Gasteiger partial charge in [0.25, 0.3) is 0 Å². The Balaban J connectivity index is 1.84. The van der Waals surface area contributed by atoms with Crippen molar-refractivity contribution in [1.82, 2.24) is 19.5 Å². The quantitative estimate of drug-likeness (QED) is 0.453. The number of nitrogens with zero attached hydrogens (tertiary/aromatic N) is 3. The Hall–Kier alpha value is -2.13. The van der Waals surface area contributed by atoms with Crippen LogP contribution in [-0.4, -0.2) is 23.2 Å². The van der Waals surface area contributed by atoms with Gasteiger partial charge in [-0.1, -0.05) is 54.3 Å². The maximum atomic E-state index is 12.8. The van der Waals surface area contributed by atoms with Crippen LogP contribution < -0.4 is 9.46 Å². The summed E-state index contributed by atoms with van der Waals surface area (Å²) >= 11 is 11.9. The molecule has 31 heavy (non-hydrogen) atoms. The van der Waals surface area contributed by atoms with Gasteiger partial charge in [-0.25, -0.2) is 13.1 Å². The summed E-state index contributed by atoms with van der Waals surface area (Å²) in [5.74, 6) is 1.43. The Morgan fingerprint density at radius 2 is 1.81 bits per heavy atom. The Morgan fingerprint density at radius 1 is 1.06 bits per heavy atom. The normalized spacial score (nSPS) is 12.9. The minimum atomic E-state index is -3.85. The summed E-state index contributed by atoms with van der Waals surface area (Å²) in [6, 6.07) is 11.5. The smallest absolute Gasteiger partial charge is 0.322 e. The van der Waals surface area contributed by atoms with E-state index in [9.17, 15) is 8.42 Å². The number of halogens is 2. The summed E-state index contributed by atoms with van der Waals surface area (Å²) in [5, 5.41) is 8.73. The SMILES string of the molecule is CCn1c(Oc2cccc(C(C)C)c2)nnc1[C@@H](C)NS(=O)(=O)c1ccc(Cl)c(Cl)c1. The monoisotopic (exact) mass is 482 g/mol. The fourth-order valence-electron chi connectivity index (χ4n) is 3.03. The topological polar surface area (TPSA) is 86.1 Å². The van der Waals surface area contributed by atoms with Crippen LogP contribution in [0, 0.1) is 0 Å². The highest BCUT2D eigenvalue weighted by Gasteiger charge is 2.24. The molecule has 0 bridgehead atoms. The summed E-state index contributed by atoms with van der Waals surface area (Å²) in [4.78, 5) is 0.0123. The molecule has 7 nitrogen and oxygen atoms in total. The number of sulfonamides is 1. The van der Waals surface area contributed by atoms with E-state index in [1.165, 1.54) is 18.2 Å². The van der Waals surface area contributed by atoms with Crippen LogP contribution in [0.15, 0.2) is 47.4 Å². The van der Waals surface area contributed by atoms with E-state index in [1.54, 1.807) is 11.5 Å². The van der Waals surface area contributed by atoms with Gasteiger partial charge >= 0.3 is 6.01 Å². The summed E-state index contributed by atoms with van der Waals surface area (Å²) in [6.07, 6.45) is 0. The van der Waals surface area contributed by atoms with E-state index in [0.717, 1.165) is 5.56 Å². The molecule has 0 saturated heterocycles. The first-order valence-corrected chi connectivity index (χ1v) is 12.0. The van der Waals surface area contributed by atoms with Crippen molar-refractivity contribution in [3.63, 3.8) is 0 Å². The van der Waals surface area contributed by atoms with Crippen LogP contribution in [0.2, 0.25) is 10.0 Å². The highest BCUT2D eigenvalue weighted by molar-refractivity contribution is 7.89. The highest BCUT2D eigenvalue weighted by Crippen LogP contribution is 2.28. The molecule has 1 atom stereocenters. The van der Waals surface area contributed by atoms with Crippen LogP contribution in [0.1, 0.15) is 51.0 Å². The molecule has 166 valence electrons. The molecule has 3 aromatic rings. The van der Waals surface area contributed by atoms with Crippen molar-refractivity contribution < 1.29 is 13.2 Å². The van der Waals surface area contributed by atoms with Gasteiger partial charge < -0.3 is 4.74 Å². The summed E-state index contributed by atoms with van der Waals surface area (Å²) in [5.41, 5.74) is 1.14. The molecule has 0 amide bonds. The lowest BCUT2D eigenvalue weighted by molar-refractivity contribution is 0.407. The molecule has 0 aliphatic heterocycles. The molecular weight excluding hydrogens is 459 g/mol. The molecule has 0 fully saturated rings. The average molecular weight is 483 g/mol. The fraction of sp³-hybridized carbons (Fsp3) is 0.333. The molecule has 3 rings (SSSR count). The van der Waals surface area contributed by atoms with Gasteiger partial charge in [0.1, 0.15) is 5.75 Å². The number of aromatic nitrogens is 3. The molecule has 0 aliphatic rings. The zero-order chi connectivity index (χ0) is 22.8. The van der Waals surface area contributed by atoms with Crippen LogP contribution in [0.25, 0.3) is 0 Å². The third-order valence-electron chi connectivity index (χ3n) is 4.72. The number of hydrogen-bond acceptors (Lipinski definition) is 5. The van der Waals surface area contributed by atoms with E-state index >= 15 is 0 Å². The van der Waals surface area contributed by atoms with Gasteiger partial charge in [0.2, 0.25) is 10.0 Å². The van der Waals surface area contributed by atoms with Crippen LogP contribution in [-0.2, 0) is 16.6 Å². The van der Waals surface area contributed by atoms with Gasteiger partial charge in [0, 0.05) is 6.54 Å². The van der Waals surface area contributed by atoms with Crippen molar-refractivity contribution in [2.75, 3.05) is 0 Å². The third-order valence-corrected chi connectivity index (χ3v) is 6.99. The second-order valence-electron chi connectivity index (χ2n) is 7.33. The minimum Gasteiger partial charge on any atom is -0.424 e. The van der Waals surface area contributed by atoms with E-state index in [1.807, 2.05) is 31.2 Å². The van der Waals surface area contributed by atoms with Gasteiger partial charge in [-0.3, -0.25) is 4.57 Å². The van der Waals surface area contributed by atoms with Gasteiger partial charge in [0.05, 0.1) is 21.0 Å². The van der Waals surface area contributed by atoms with Crippen molar-refractivity contribution in [1.29, 1.82) is 0 Å². The zero-order valence-corrected chi connectivity index (χ0v) is 20.0. The number of ether oxygens (including phenoxy) is 1. The standard InChI is InChI=1S/C21H24Cl2N4O3S/c1-5-27-20(14(4)26-31(28,29)17-9-10-18(22)19(23)12-17)24-25-21(27)30-16-8-6-7-15(11-16)13(2)3/h6-14,26H,5H2,1-4H3/t14-/m1/s1. The Kier molecular flexibility index (Phi) is 7.26. The van der Waals surface area contributed by atoms with E-state index in [4.69, 9.17) is 27.9 Å². The molecule has 1 heterocycles. The largest absolute Gasteiger partial charge is 0.424 e. The molecule has 0 aliphatic carbocycles. The van der Waals surface area contributed by atoms with Gasteiger partial charge in [-0.05, 0) is 55.7 Å². The Bertz CT molecular complexity index is 1180. The Morgan fingerprint density at radius 3 is 2.45 bits per heavy atom. The van der Waals surface area contributed by atoms with Crippen LogP contribution in [0.4, 0.5) is 0 Å². The van der Waals surface area contributed by atoms with Crippen LogP contribution >= 0.6 is 23.2 Å². The van der Waals surface area contributed by atoms with E-state index in [0.29, 0.717) is 30.0 Å². The van der Waals surface area contributed by atoms with Crippen molar-refractivity contribution in [2.45, 2.75) is 51.1 Å². The van der Waals surface area contributed by atoms with Crippen molar-refractivity contribution in [2.24, 2.45) is 0 Å². The lowest BCUT2D eigenvalue weighted by atomic mass is 10.0. The molecule has 10 heteroatoms. The highest BCUT2D eigenvalue weighted by atomic mass is 35.5. The molecule has 0 spiro atoms. The second-order valence-corrected chi connectivity index (χ2v) is 9.86. The third kappa shape index (κ3) is 5.38. The maximum Gasteiger partial charge on any atom is 0.322 e. The van der Waals surface area contributed by atoms with E-state index in [-0.39, 0.29) is 14.9 Å². The first kappa shape index (κ1) is 23.5. The van der Waals surface area contributed by atoms with Crippen LogP contribution in [0.5, 0.6) is 11.8 Å². The van der Waals surface area contributed by atoms with Crippen LogP contribution in [0.3, 0.4) is 0 Å². The summed E-state index contributed by atoms with van der Waals surface area (Å²) in [6.45, 7) is 8.31. The molecule has 0 saturated carbocycles. The molecule has 1 N–H and O–H groups in total. The van der Waals surface area contributed by atoms with Gasteiger partial charge in [0.15, 0.2) is 5.82 Å². The fourth-order valence-corrected chi connectivity index (χ4v) is 4.62. The molecule has 0 radical (unpaired) electrons. The number of benzene rings is 2. The summed E-state index contributed by atoms with van der Waals surface area (Å²) < 4.78 is 35.8. The van der Waals surface area contributed by atoms with E-state index < -0.39 is 16.1 Å². The summed E-state index contributed by atoms with van der Waals surface area (Å²) in [7, 11) is -3.85. The first-order chi connectivity index (χ1) is 14.6. The lowest BCUT2D eigenvalue weighted by Crippen LogP contribution is -2.29. The molecule has 2 aromatic carbocycles. The van der Waals surface area contributed by atoms with Crippen molar-refractivity contribution in [3.05, 3.63) is 63.9 Å². The number of rotatable bonds is 8. The molecular formula is C21H24Cl2N4O3S.